The van der Waals surface area contributed by atoms with E-state index < -0.39 is 36.7 Å². The van der Waals surface area contributed by atoms with Crippen molar-refractivity contribution in [1.29, 1.82) is 0 Å². The summed E-state index contributed by atoms with van der Waals surface area (Å²) in [5.74, 6) is -3.95. The van der Waals surface area contributed by atoms with Crippen LogP contribution >= 0.6 is 0 Å². The fourth-order valence-corrected chi connectivity index (χ4v) is 1.35. The van der Waals surface area contributed by atoms with Crippen LogP contribution in [0, 0.1) is 0 Å². The van der Waals surface area contributed by atoms with Gasteiger partial charge in [-0.1, -0.05) is 0 Å². The van der Waals surface area contributed by atoms with Crippen molar-refractivity contribution in [2.24, 2.45) is 0 Å². The Morgan fingerprint density at radius 1 is 1.16 bits per heavy atom. The number of rotatable bonds is 7. The molecule has 1 heterocycles. The minimum absolute atomic E-state index is 0.179. The lowest BCUT2D eigenvalue weighted by Gasteiger charge is -2.20. The molecule has 0 spiro atoms. The second-order valence-corrected chi connectivity index (χ2v) is 3.49. The van der Waals surface area contributed by atoms with E-state index in [0.29, 0.717) is 0 Å². The maximum absolute atomic E-state index is 11.1. The van der Waals surface area contributed by atoms with Crippen molar-refractivity contribution in [3.63, 3.8) is 0 Å². The molecular formula is C11H11NO7. The highest BCUT2D eigenvalue weighted by Gasteiger charge is 2.22. The summed E-state index contributed by atoms with van der Waals surface area (Å²) >= 11 is 0. The lowest BCUT2D eigenvalue weighted by atomic mass is 10.3. The van der Waals surface area contributed by atoms with Crippen LogP contribution in [0.2, 0.25) is 0 Å². The molecule has 102 valence electrons. The van der Waals surface area contributed by atoms with Crippen molar-refractivity contribution in [2.45, 2.75) is 0 Å². The summed E-state index contributed by atoms with van der Waals surface area (Å²) < 4.78 is 4.91. The molecule has 0 bridgehead atoms. The SMILES string of the molecule is O=C(O)CN(CC(=O)O)C(=Cc1ccco1)C(=O)O. The molecule has 3 N–H and O–H groups in total. The first-order valence-electron chi connectivity index (χ1n) is 5.07. The van der Waals surface area contributed by atoms with Gasteiger partial charge in [0.1, 0.15) is 24.5 Å². The largest absolute Gasteiger partial charge is 0.480 e. The third-order valence-electron chi connectivity index (χ3n) is 2.03. The molecule has 1 aromatic rings. The van der Waals surface area contributed by atoms with Gasteiger partial charge in [-0.25, -0.2) is 4.79 Å². The summed E-state index contributed by atoms with van der Waals surface area (Å²) in [5.41, 5.74) is -0.472. The van der Waals surface area contributed by atoms with E-state index in [1.807, 2.05) is 0 Å². The number of hydrogen-bond acceptors (Lipinski definition) is 5. The first kappa shape index (κ1) is 14.3. The maximum Gasteiger partial charge on any atom is 0.352 e. The van der Waals surface area contributed by atoms with Gasteiger partial charge in [0.25, 0.3) is 0 Å². The predicted molar refractivity (Wildman–Crippen MR) is 61.2 cm³/mol. The van der Waals surface area contributed by atoms with Crippen LogP contribution in [0.5, 0.6) is 0 Å². The number of carbonyl (C=O) groups is 3. The summed E-state index contributed by atoms with van der Waals surface area (Å²) in [4.78, 5) is 33.1. The monoisotopic (exact) mass is 269 g/mol. The Labute approximate surface area is 107 Å². The number of aliphatic carboxylic acids is 3. The van der Waals surface area contributed by atoms with Gasteiger partial charge in [0.2, 0.25) is 0 Å². The molecule has 8 nitrogen and oxygen atoms in total. The normalized spacial score (nSPS) is 11.1. The van der Waals surface area contributed by atoms with Gasteiger partial charge >= 0.3 is 17.9 Å². The summed E-state index contributed by atoms with van der Waals surface area (Å²) in [7, 11) is 0. The smallest absolute Gasteiger partial charge is 0.352 e. The van der Waals surface area contributed by atoms with Gasteiger partial charge in [0.05, 0.1) is 6.26 Å². The Bertz CT molecular complexity index is 487. The molecule has 0 radical (unpaired) electrons. The predicted octanol–water partition coefficient (Wildman–Crippen LogP) is 0.176. The van der Waals surface area contributed by atoms with Gasteiger partial charge in [0.15, 0.2) is 0 Å². The summed E-state index contributed by atoms with van der Waals surface area (Å²) in [5, 5.41) is 26.4. The van der Waals surface area contributed by atoms with Crippen LogP contribution in [-0.2, 0) is 14.4 Å². The Morgan fingerprint density at radius 2 is 1.74 bits per heavy atom. The van der Waals surface area contributed by atoms with E-state index in [1.165, 1.54) is 18.4 Å². The number of carboxylic acid groups (broad SMARTS) is 3. The Kier molecular flexibility index (Phi) is 4.69. The van der Waals surface area contributed by atoms with E-state index in [9.17, 15) is 14.4 Å². The zero-order valence-electron chi connectivity index (χ0n) is 9.65. The summed E-state index contributed by atoms with van der Waals surface area (Å²) in [6.07, 6.45) is 2.37. The van der Waals surface area contributed by atoms with E-state index in [4.69, 9.17) is 19.7 Å². The number of nitrogens with zero attached hydrogens (tertiary/aromatic N) is 1. The Morgan fingerprint density at radius 3 is 2.11 bits per heavy atom. The topological polar surface area (TPSA) is 128 Å². The van der Waals surface area contributed by atoms with Gasteiger partial charge in [-0.05, 0) is 12.1 Å². The third kappa shape index (κ3) is 4.54. The van der Waals surface area contributed by atoms with Crippen molar-refractivity contribution >= 4 is 24.0 Å². The van der Waals surface area contributed by atoms with Crippen LogP contribution in [0.25, 0.3) is 6.08 Å². The van der Waals surface area contributed by atoms with Crippen LogP contribution < -0.4 is 0 Å². The standard InChI is InChI=1S/C11H11NO7/c13-9(14)5-12(6-10(15)16)8(11(17)18)4-7-2-1-3-19-7/h1-4H,5-6H2,(H,13,14)(H,15,16)(H,17,18). The van der Waals surface area contributed by atoms with Crippen LogP contribution in [0.1, 0.15) is 5.76 Å². The van der Waals surface area contributed by atoms with Crippen LogP contribution in [0.3, 0.4) is 0 Å². The average Bonchev–Trinajstić information content (AvgIpc) is 2.75. The number of carboxylic acids is 3. The van der Waals surface area contributed by atoms with E-state index in [0.717, 1.165) is 11.0 Å². The zero-order chi connectivity index (χ0) is 14.4. The first-order valence-corrected chi connectivity index (χ1v) is 5.07. The molecule has 0 aliphatic heterocycles. The Balaban J connectivity index is 3.07. The average molecular weight is 269 g/mol. The lowest BCUT2D eigenvalue weighted by molar-refractivity contribution is -0.142. The van der Waals surface area contributed by atoms with Gasteiger partial charge in [-0.2, -0.15) is 0 Å². The van der Waals surface area contributed by atoms with Crippen molar-refractivity contribution in [3.05, 3.63) is 29.9 Å². The molecule has 19 heavy (non-hydrogen) atoms. The van der Waals surface area contributed by atoms with E-state index >= 15 is 0 Å². The lowest BCUT2D eigenvalue weighted by Crippen LogP contribution is -2.36. The van der Waals surface area contributed by atoms with Crippen molar-refractivity contribution < 1.29 is 34.1 Å². The molecule has 0 fully saturated rings. The second kappa shape index (κ2) is 6.24. The van der Waals surface area contributed by atoms with Crippen molar-refractivity contribution in [3.8, 4) is 0 Å². The van der Waals surface area contributed by atoms with Crippen LogP contribution in [0.15, 0.2) is 28.5 Å². The molecule has 0 aliphatic rings. The van der Waals surface area contributed by atoms with Crippen molar-refractivity contribution in [1.82, 2.24) is 4.90 Å². The summed E-state index contributed by atoms with van der Waals surface area (Å²) in [6.45, 7) is -1.49. The van der Waals surface area contributed by atoms with Gasteiger partial charge in [-0.15, -0.1) is 0 Å². The molecule has 0 unspecified atom stereocenters. The highest BCUT2D eigenvalue weighted by molar-refractivity contribution is 5.92. The fourth-order valence-electron chi connectivity index (χ4n) is 1.35. The molecular weight excluding hydrogens is 258 g/mol. The van der Waals surface area contributed by atoms with E-state index in [1.54, 1.807) is 0 Å². The molecule has 1 rings (SSSR count). The van der Waals surface area contributed by atoms with Crippen LogP contribution in [0.4, 0.5) is 0 Å². The molecule has 0 aliphatic carbocycles. The molecule has 1 aromatic heterocycles. The minimum atomic E-state index is -1.45. The van der Waals surface area contributed by atoms with Gasteiger partial charge in [0, 0.05) is 6.08 Å². The number of furan rings is 1. The van der Waals surface area contributed by atoms with Crippen molar-refractivity contribution in [2.75, 3.05) is 13.1 Å². The van der Waals surface area contributed by atoms with E-state index in [-0.39, 0.29) is 5.76 Å². The van der Waals surface area contributed by atoms with Crippen LogP contribution in [-0.4, -0.2) is 51.2 Å². The molecule has 0 aromatic carbocycles. The molecule has 8 heteroatoms. The third-order valence-corrected chi connectivity index (χ3v) is 2.03. The zero-order valence-corrected chi connectivity index (χ0v) is 9.65. The first-order chi connectivity index (χ1) is 8.90. The molecule has 0 atom stereocenters. The fraction of sp³-hybridized carbons (Fsp3) is 0.182. The summed E-state index contributed by atoms with van der Waals surface area (Å²) in [6, 6.07) is 2.98. The highest BCUT2D eigenvalue weighted by Crippen LogP contribution is 2.12. The minimum Gasteiger partial charge on any atom is -0.480 e. The molecule has 0 saturated heterocycles. The molecule has 0 saturated carbocycles. The quantitative estimate of drug-likeness (QED) is 0.598. The second-order valence-electron chi connectivity index (χ2n) is 3.49. The number of hydrogen-bond donors (Lipinski definition) is 3. The highest BCUT2D eigenvalue weighted by atomic mass is 16.4. The van der Waals surface area contributed by atoms with E-state index in [2.05, 4.69) is 0 Å². The molecule has 0 amide bonds. The maximum atomic E-state index is 11.1. The van der Waals surface area contributed by atoms with Gasteiger partial charge in [-0.3, -0.25) is 9.59 Å². The van der Waals surface area contributed by atoms with Gasteiger partial charge < -0.3 is 24.6 Å². The Hall–Kier alpha value is -2.77.